The molecular formula is C19H24N3O2S+. The van der Waals surface area contributed by atoms with E-state index in [2.05, 4.69) is 5.32 Å². The van der Waals surface area contributed by atoms with Crippen LogP contribution in [0, 0.1) is 5.92 Å². The van der Waals surface area contributed by atoms with Crippen LogP contribution in [0.25, 0.3) is 0 Å². The lowest BCUT2D eigenvalue weighted by Gasteiger charge is -2.28. The number of rotatable bonds is 6. The zero-order valence-corrected chi connectivity index (χ0v) is 14.9. The van der Waals surface area contributed by atoms with Gasteiger partial charge in [0.25, 0.3) is 5.91 Å². The lowest BCUT2D eigenvalue weighted by Crippen LogP contribution is -3.15. The van der Waals surface area contributed by atoms with E-state index in [1.807, 2.05) is 47.8 Å². The Kier molecular flexibility index (Phi) is 5.83. The van der Waals surface area contributed by atoms with Crippen molar-refractivity contribution in [3.8, 4) is 0 Å². The van der Waals surface area contributed by atoms with Crippen LogP contribution in [0.3, 0.4) is 0 Å². The number of piperidine rings is 1. The maximum Gasteiger partial charge on any atom is 0.275 e. The molecule has 4 N–H and O–H groups in total. The van der Waals surface area contributed by atoms with Crippen molar-refractivity contribution in [1.82, 2.24) is 5.32 Å². The first-order chi connectivity index (χ1) is 12.1. The van der Waals surface area contributed by atoms with Crippen LogP contribution in [-0.2, 0) is 9.59 Å². The van der Waals surface area contributed by atoms with Gasteiger partial charge < -0.3 is 16.0 Å². The second-order valence-corrected chi connectivity index (χ2v) is 7.53. The van der Waals surface area contributed by atoms with Crippen molar-refractivity contribution >= 4 is 23.2 Å². The predicted molar refractivity (Wildman–Crippen MR) is 98.2 cm³/mol. The third kappa shape index (κ3) is 4.67. The lowest BCUT2D eigenvalue weighted by molar-refractivity contribution is -0.899. The number of primary amides is 1. The standard InChI is InChI=1S/C19H23N3O2S/c20-19(24)15-8-4-10-22(12-15)13-17(23)21-18(16-9-5-11-25-16)14-6-2-1-3-7-14/h1-3,5-7,9,11,15,18H,4,8,10,12-13H2,(H2,20,24)(H,21,23)/p+1/t15-,18+/m0/s1. The van der Waals surface area contributed by atoms with Gasteiger partial charge in [0, 0.05) is 4.88 Å². The molecule has 1 fully saturated rings. The Morgan fingerprint density at radius 2 is 2.04 bits per heavy atom. The second kappa shape index (κ2) is 8.27. The molecule has 2 aromatic rings. The quantitative estimate of drug-likeness (QED) is 0.712. The highest BCUT2D eigenvalue weighted by Gasteiger charge is 2.29. The third-order valence-corrected chi connectivity index (χ3v) is 5.63. The summed E-state index contributed by atoms with van der Waals surface area (Å²) in [6.07, 6.45) is 1.77. The maximum atomic E-state index is 12.6. The molecule has 0 radical (unpaired) electrons. The number of nitrogens with one attached hydrogen (secondary N) is 2. The molecule has 0 aliphatic carbocycles. The molecule has 6 heteroatoms. The van der Waals surface area contributed by atoms with Gasteiger partial charge in [-0.1, -0.05) is 36.4 Å². The fourth-order valence-electron chi connectivity index (χ4n) is 3.41. The molecule has 2 heterocycles. The van der Waals surface area contributed by atoms with Crippen LogP contribution in [0.1, 0.15) is 29.3 Å². The van der Waals surface area contributed by atoms with Crippen molar-refractivity contribution in [2.75, 3.05) is 19.6 Å². The second-order valence-electron chi connectivity index (χ2n) is 6.55. The van der Waals surface area contributed by atoms with Crippen LogP contribution in [0.2, 0.25) is 0 Å². The number of thiophene rings is 1. The zero-order valence-electron chi connectivity index (χ0n) is 14.1. The normalized spacial score (nSPS) is 21.4. The molecule has 1 unspecified atom stereocenters. The van der Waals surface area contributed by atoms with E-state index in [0.29, 0.717) is 13.1 Å². The Hall–Kier alpha value is -2.18. The first-order valence-electron chi connectivity index (χ1n) is 8.64. The SMILES string of the molecule is NC(=O)[C@H]1CCC[NH+](CC(=O)N[C@H](c2ccccc2)c2cccs2)C1. The molecule has 0 spiro atoms. The Labute approximate surface area is 151 Å². The summed E-state index contributed by atoms with van der Waals surface area (Å²) in [4.78, 5) is 26.3. The van der Waals surface area contributed by atoms with Crippen LogP contribution in [0.4, 0.5) is 0 Å². The van der Waals surface area contributed by atoms with Gasteiger partial charge in [0.15, 0.2) is 6.54 Å². The summed E-state index contributed by atoms with van der Waals surface area (Å²) in [7, 11) is 0. The highest BCUT2D eigenvalue weighted by atomic mass is 32.1. The van der Waals surface area contributed by atoms with Gasteiger partial charge in [0.1, 0.15) is 0 Å². The number of likely N-dealkylation sites (tertiary alicyclic amines) is 1. The van der Waals surface area contributed by atoms with Crippen molar-refractivity contribution in [2.45, 2.75) is 18.9 Å². The third-order valence-electron chi connectivity index (χ3n) is 4.70. The number of benzene rings is 1. The molecule has 1 aromatic heterocycles. The van der Waals surface area contributed by atoms with Gasteiger partial charge in [0.2, 0.25) is 5.91 Å². The van der Waals surface area contributed by atoms with E-state index in [-0.39, 0.29) is 23.8 Å². The Morgan fingerprint density at radius 1 is 1.24 bits per heavy atom. The minimum Gasteiger partial charge on any atom is -0.369 e. The van der Waals surface area contributed by atoms with Crippen LogP contribution < -0.4 is 16.0 Å². The van der Waals surface area contributed by atoms with E-state index in [0.717, 1.165) is 34.7 Å². The molecule has 2 amide bonds. The predicted octanol–water partition coefficient (Wildman–Crippen LogP) is 0.734. The van der Waals surface area contributed by atoms with Crippen LogP contribution in [0.5, 0.6) is 0 Å². The molecule has 0 saturated carbocycles. The monoisotopic (exact) mass is 358 g/mol. The van der Waals surface area contributed by atoms with Crippen LogP contribution in [-0.4, -0.2) is 31.4 Å². The van der Waals surface area contributed by atoms with E-state index in [1.54, 1.807) is 11.3 Å². The summed E-state index contributed by atoms with van der Waals surface area (Å²) in [6, 6.07) is 13.9. The highest BCUT2D eigenvalue weighted by Crippen LogP contribution is 2.25. The summed E-state index contributed by atoms with van der Waals surface area (Å²) in [6.45, 7) is 1.93. The zero-order chi connectivity index (χ0) is 17.6. The molecule has 0 bridgehead atoms. The number of carbonyl (C=O) groups excluding carboxylic acids is 2. The average molecular weight is 358 g/mol. The first kappa shape index (κ1) is 17.6. The largest absolute Gasteiger partial charge is 0.369 e. The molecule has 5 nitrogen and oxygen atoms in total. The average Bonchev–Trinajstić information content (AvgIpc) is 3.15. The molecule has 1 saturated heterocycles. The van der Waals surface area contributed by atoms with Crippen molar-refractivity contribution in [3.05, 3.63) is 58.3 Å². The summed E-state index contributed by atoms with van der Waals surface area (Å²) >= 11 is 1.64. The fourth-order valence-corrected chi connectivity index (χ4v) is 4.22. The summed E-state index contributed by atoms with van der Waals surface area (Å²) in [5.41, 5.74) is 6.50. The molecule has 1 aliphatic rings. The number of nitrogens with two attached hydrogens (primary N) is 1. The van der Waals surface area contributed by atoms with Crippen molar-refractivity contribution < 1.29 is 14.5 Å². The first-order valence-corrected chi connectivity index (χ1v) is 9.52. The van der Waals surface area contributed by atoms with E-state index < -0.39 is 0 Å². The summed E-state index contributed by atoms with van der Waals surface area (Å²) < 4.78 is 0. The number of quaternary nitrogens is 1. The number of carbonyl (C=O) groups is 2. The highest BCUT2D eigenvalue weighted by molar-refractivity contribution is 7.10. The minimum atomic E-state index is -0.252. The van der Waals surface area contributed by atoms with Gasteiger partial charge in [-0.2, -0.15) is 0 Å². The molecule has 3 rings (SSSR count). The van der Waals surface area contributed by atoms with E-state index in [4.69, 9.17) is 5.73 Å². The van der Waals surface area contributed by atoms with Crippen LogP contribution in [0.15, 0.2) is 47.8 Å². The minimum absolute atomic E-state index is 0.00220. The van der Waals surface area contributed by atoms with E-state index in [9.17, 15) is 9.59 Å². The van der Waals surface area contributed by atoms with Gasteiger partial charge >= 0.3 is 0 Å². The number of amides is 2. The van der Waals surface area contributed by atoms with Gasteiger partial charge in [-0.15, -0.1) is 11.3 Å². The molecule has 25 heavy (non-hydrogen) atoms. The molecule has 1 aliphatic heterocycles. The van der Waals surface area contributed by atoms with Crippen LogP contribution >= 0.6 is 11.3 Å². The molecule has 1 aromatic carbocycles. The maximum absolute atomic E-state index is 12.6. The number of hydrogen-bond donors (Lipinski definition) is 3. The van der Waals surface area contributed by atoms with E-state index in [1.165, 1.54) is 0 Å². The number of hydrogen-bond acceptors (Lipinski definition) is 3. The molecule has 132 valence electrons. The van der Waals surface area contributed by atoms with Gasteiger partial charge in [-0.05, 0) is 29.9 Å². The Balaban J connectivity index is 1.66. The Morgan fingerprint density at radius 3 is 2.72 bits per heavy atom. The van der Waals surface area contributed by atoms with Crippen molar-refractivity contribution in [2.24, 2.45) is 11.7 Å². The van der Waals surface area contributed by atoms with Gasteiger partial charge in [0.05, 0.1) is 25.0 Å². The van der Waals surface area contributed by atoms with Gasteiger partial charge in [-0.25, -0.2) is 0 Å². The summed E-state index contributed by atoms with van der Waals surface area (Å²) in [5, 5.41) is 5.18. The Bertz CT molecular complexity index is 703. The van der Waals surface area contributed by atoms with Gasteiger partial charge in [-0.3, -0.25) is 9.59 Å². The van der Waals surface area contributed by atoms with Crippen molar-refractivity contribution in [3.63, 3.8) is 0 Å². The summed E-state index contributed by atoms with van der Waals surface area (Å²) in [5.74, 6) is -0.362. The smallest absolute Gasteiger partial charge is 0.275 e. The molecular weight excluding hydrogens is 334 g/mol. The lowest BCUT2D eigenvalue weighted by atomic mass is 9.97. The van der Waals surface area contributed by atoms with Crippen molar-refractivity contribution in [1.29, 1.82) is 0 Å². The van der Waals surface area contributed by atoms with E-state index >= 15 is 0 Å². The molecule has 3 atom stereocenters. The topological polar surface area (TPSA) is 76.6 Å². The fraction of sp³-hybridized carbons (Fsp3) is 0.368.